The summed E-state index contributed by atoms with van der Waals surface area (Å²) in [5.74, 6) is -6.68. The normalized spacial score (nSPS) is 18.1. The Balaban J connectivity index is 2.67. The molecule has 0 spiro atoms. The van der Waals surface area contributed by atoms with Gasteiger partial charge >= 0.3 is 24.0 Å². The molecule has 0 unspecified atom stereocenters. The lowest BCUT2D eigenvalue weighted by Crippen LogP contribution is -2.43. The summed E-state index contributed by atoms with van der Waals surface area (Å²) in [6.45, 7) is 3.26. The van der Waals surface area contributed by atoms with Crippen molar-refractivity contribution in [1.29, 1.82) is 0 Å². The standard InChI is InChI=1S/C18H27F5O4/c1-4-15(2,3)14(25)27-16(9-6-5-7-10-16)11-8-13(24)26-12-17(19,20)18(21,22)23/h4-12H2,1-3H3. The summed E-state index contributed by atoms with van der Waals surface area (Å²) in [7, 11) is 0. The van der Waals surface area contributed by atoms with E-state index < -0.39 is 48.1 Å². The van der Waals surface area contributed by atoms with E-state index in [4.69, 9.17) is 4.74 Å². The summed E-state index contributed by atoms with van der Waals surface area (Å²) in [4.78, 5) is 24.1. The summed E-state index contributed by atoms with van der Waals surface area (Å²) in [6, 6.07) is 0. The molecule has 0 saturated heterocycles. The number of carbonyl (C=O) groups excluding carboxylic acids is 2. The van der Waals surface area contributed by atoms with Crippen molar-refractivity contribution in [3.05, 3.63) is 0 Å². The van der Waals surface area contributed by atoms with Gasteiger partial charge in [0.15, 0.2) is 6.61 Å². The Kier molecular flexibility index (Phi) is 7.64. The van der Waals surface area contributed by atoms with E-state index in [0.717, 1.165) is 19.3 Å². The van der Waals surface area contributed by atoms with Crippen LogP contribution in [0, 0.1) is 5.41 Å². The molecule has 0 heterocycles. The Bertz CT molecular complexity index is 522. The minimum absolute atomic E-state index is 0.0367. The molecule has 0 radical (unpaired) electrons. The Morgan fingerprint density at radius 1 is 1.00 bits per heavy atom. The van der Waals surface area contributed by atoms with Gasteiger partial charge in [0.05, 0.1) is 5.41 Å². The summed E-state index contributed by atoms with van der Waals surface area (Å²) in [5.41, 5.74) is -1.62. The fourth-order valence-corrected chi connectivity index (χ4v) is 2.73. The van der Waals surface area contributed by atoms with Crippen molar-refractivity contribution in [1.82, 2.24) is 0 Å². The monoisotopic (exact) mass is 402 g/mol. The van der Waals surface area contributed by atoms with Crippen molar-refractivity contribution in [2.24, 2.45) is 5.41 Å². The smallest absolute Gasteiger partial charge is 0.456 e. The maximum atomic E-state index is 12.8. The molecule has 1 saturated carbocycles. The van der Waals surface area contributed by atoms with Crippen LogP contribution in [-0.4, -0.2) is 36.2 Å². The van der Waals surface area contributed by atoms with Crippen molar-refractivity contribution < 1.29 is 41.0 Å². The van der Waals surface area contributed by atoms with E-state index in [1.54, 1.807) is 13.8 Å². The van der Waals surface area contributed by atoms with Gasteiger partial charge in [-0.15, -0.1) is 0 Å². The van der Waals surface area contributed by atoms with E-state index in [9.17, 15) is 31.5 Å². The largest absolute Gasteiger partial charge is 0.459 e. The predicted octanol–water partition coefficient (Wildman–Crippen LogP) is 5.19. The van der Waals surface area contributed by atoms with Gasteiger partial charge in [-0.2, -0.15) is 22.0 Å². The molecule has 0 aromatic heterocycles. The van der Waals surface area contributed by atoms with Crippen molar-refractivity contribution in [3.8, 4) is 0 Å². The van der Waals surface area contributed by atoms with Crippen molar-refractivity contribution in [3.63, 3.8) is 0 Å². The van der Waals surface area contributed by atoms with E-state index in [2.05, 4.69) is 4.74 Å². The number of rotatable bonds is 8. The van der Waals surface area contributed by atoms with E-state index >= 15 is 0 Å². The van der Waals surface area contributed by atoms with Gasteiger partial charge in [0.25, 0.3) is 0 Å². The minimum Gasteiger partial charge on any atom is -0.459 e. The number of hydrogen-bond donors (Lipinski definition) is 0. The predicted molar refractivity (Wildman–Crippen MR) is 87.2 cm³/mol. The molecule has 0 atom stereocenters. The van der Waals surface area contributed by atoms with Crippen LogP contribution in [0.2, 0.25) is 0 Å². The highest BCUT2D eigenvalue weighted by molar-refractivity contribution is 5.76. The van der Waals surface area contributed by atoms with Gasteiger partial charge in [-0.1, -0.05) is 13.3 Å². The zero-order chi connectivity index (χ0) is 20.9. The second-order valence-electron chi connectivity index (χ2n) is 7.73. The van der Waals surface area contributed by atoms with Crippen LogP contribution in [0.15, 0.2) is 0 Å². The fourth-order valence-electron chi connectivity index (χ4n) is 2.73. The molecular weight excluding hydrogens is 375 g/mol. The number of carbonyl (C=O) groups is 2. The summed E-state index contributed by atoms with van der Waals surface area (Å²) in [5, 5.41) is 0. The van der Waals surface area contributed by atoms with E-state index in [-0.39, 0.29) is 6.42 Å². The lowest BCUT2D eigenvalue weighted by Gasteiger charge is -2.39. The lowest BCUT2D eigenvalue weighted by molar-refractivity contribution is -0.294. The quantitative estimate of drug-likeness (QED) is 0.414. The third-order valence-corrected chi connectivity index (χ3v) is 5.12. The fraction of sp³-hybridized carbons (Fsp3) is 0.889. The second-order valence-corrected chi connectivity index (χ2v) is 7.73. The Labute approximate surface area is 155 Å². The first kappa shape index (κ1) is 23.6. The van der Waals surface area contributed by atoms with Crippen LogP contribution in [0.1, 0.15) is 72.1 Å². The van der Waals surface area contributed by atoms with Gasteiger partial charge in [-0.25, -0.2) is 0 Å². The molecule has 1 aliphatic rings. The highest BCUT2D eigenvalue weighted by Crippen LogP contribution is 2.39. The molecule has 0 aliphatic heterocycles. The molecule has 1 rings (SSSR count). The third kappa shape index (κ3) is 6.60. The van der Waals surface area contributed by atoms with Crippen LogP contribution in [0.3, 0.4) is 0 Å². The molecule has 0 aromatic carbocycles. The van der Waals surface area contributed by atoms with Crippen LogP contribution in [-0.2, 0) is 19.1 Å². The molecule has 0 amide bonds. The number of ether oxygens (including phenoxy) is 2. The number of halogens is 5. The van der Waals surface area contributed by atoms with Gasteiger partial charge < -0.3 is 9.47 Å². The Morgan fingerprint density at radius 2 is 1.56 bits per heavy atom. The molecule has 27 heavy (non-hydrogen) atoms. The lowest BCUT2D eigenvalue weighted by atomic mass is 9.80. The third-order valence-electron chi connectivity index (χ3n) is 5.12. The first-order valence-electron chi connectivity index (χ1n) is 9.08. The Morgan fingerprint density at radius 3 is 2.04 bits per heavy atom. The van der Waals surface area contributed by atoms with Crippen LogP contribution in [0.5, 0.6) is 0 Å². The van der Waals surface area contributed by atoms with Gasteiger partial charge in [0.2, 0.25) is 0 Å². The molecule has 4 nitrogen and oxygen atoms in total. The van der Waals surface area contributed by atoms with Crippen molar-refractivity contribution in [2.75, 3.05) is 6.61 Å². The summed E-state index contributed by atoms with van der Waals surface area (Å²) in [6.07, 6.45) is -2.05. The summed E-state index contributed by atoms with van der Waals surface area (Å²) < 4.78 is 71.8. The van der Waals surface area contributed by atoms with Crippen LogP contribution < -0.4 is 0 Å². The second kappa shape index (κ2) is 8.73. The number of hydrogen-bond acceptors (Lipinski definition) is 4. The van der Waals surface area contributed by atoms with E-state index in [1.807, 2.05) is 6.92 Å². The van der Waals surface area contributed by atoms with Crippen LogP contribution in [0.25, 0.3) is 0 Å². The Hall–Kier alpha value is -1.41. The SMILES string of the molecule is CCC(C)(C)C(=O)OC1(CCC(=O)OCC(F)(F)C(F)(F)F)CCCCC1. The van der Waals surface area contributed by atoms with E-state index in [1.165, 1.54) is 0 Å². The molecule has 1 fully saturated rings. The molecule has 9 heteroatoms. The highest BCUT2D eigenvalue weighted by Gasteiger charge is 2.58. The minimum atomic E-state index is -5.78. The highest BCUT2D eigenvalue weighted by atomic mass is 19.4. The molecule has 1 aliphatic carbocycles. The van der Waals surface area contributed by atoms with Gasteiger partial charge in [0.1, 0.15) is 5.60 Å². The van der Waals surface area contributed by atoms with Crippen LogP contribution in [0.4, 0.5) is 22.0 Å². The number of alkyl halides is 5. The van der Waals surface area contributed by atoms with Crippen molar-refractivity contribution >= 4 is 11.9 Å². The van der Waals surface area contributed by atoms with Crippen molar-refractivity contribution in [2.45, 2.75) is 89.8 Å². The average molecular weight is 402 g/mol. The molecule has 0 bridgehead atoms. The molecule has 0 N–H and O–H groups in total. The number of esters is 2. The topological polar surface area (TPSA) is 52.6 Å². The molecule has 0 aromatic rings. The van der Waals surface area contributed by atoms with E-state index in [0.29, 0.717) is 19.3 Å². The van der Waals surface area contributed by atoms with Gasteiger partial charge in [-0.05, 0) is 52.4 Å². The average Bonchev–Trinajstić information content (AvgIpc) is 2.58. The molecule has 158 valence electrons. The maximum Gasteiger partial charge on any atom is 0.456 e. The zero-order valence-corrected chi connectivity index (χ0v) is 15.9. The summed E-state index contributed by atoms with van der Waals surface area (Å²) >= 11 is 0. The first-order valence-corrected chi connectivity index (χ1v) is 9.08. The van der Waals surface area contributed by atoms with Gasteiger partial charge in [-0.3, -0.25) is 9.59 Å². The maximum absolute atomic E-state index is 12.8. The molecular formula is C18H27F5O4. The van der Waals surface area contributed by atoms with Crippen LogP contribution >= 0.6 is 0 Å². The zero-order valence-electron chi connectivity index (χ0n) is 15.9. The van der Waals surface area contributed by atoms with Gasteiger partial charge in [0, 0.05) is 6.42 Å². The first-order chi connectivity index (χ1) is 12.2.